The van der Waals surface area contributed by atoms with E-state index in [9.17, 15) is 0 Å². The van der Waals surface area contributed by atoms with Gasteiger partial charge < -0.3 is 0 Å². The number of rotatable bonds is 0. The highest BCUT2D eigenvalue weighted by atomic mass is 15.3. The number of nitrogens with zero attached hydrogens (tertiary/aromatic N) is 2. The van der Waals surface area contributed by atoms with Crippen molar-refractivity contribution in [3.05, 3.63) is 0 Å². The van der Waals surface area contributed by atoms with Crippen molar-refractivity contribution in [2.75, 3.05) is 0 Å². The number of hydrogen-bond acceptors (Lipinski definition) is 2. The summed E-state index contributed by atoms with van der Waals surface area (Å²) >= 11 is 0. The minimum atomic E-state index is 0.128. The molecule has 0 radical (unpaired) electrons. The van der Waals surface area contributed by atoms with Gasteiger partial charge in [-0.3, -0.25) is 0 Å². The largest absolute Gasteiger partial charge is 0.186 e. The maximum Gasteiger partial charge on any atom is 0.0894 e. The van der Waals surface area contributed by atoms with Crippen molar-refractivity contribution in [3.63, 3.8) is 0 Å². The predicted molar refractivity (Wildman–Crippen MR) is 56.3 cm³/mol. The Bertz CT molecular complexity index is 292. The van der Waals surface area contributed by atoms with Crippen LogP contribution in [0.2, 0.25) is 0 Å². The highest BCUT2D eigenvalue weighted by Crippen LogP contribution is 2.70. The third-order valence-corrected chi connectivity index (χ3v) is 5.96. The van der Waals surface area contributed by atoms with Gasteiger partial charge in [-0.05, 0) is 38.5 Å². The molecule has 0 amide bonds. The summed E-state index contributed by atoms with van der Waals surface area (Å²) in [5, 5.41) is 9.26. The highest BCUT2D eigenvalue weighted by molar-refractivity contribution is 5.27. The van der Waals surface area contributed by atoms with Crippen molar-refractivity contribution in [1.82, 2.24) is 0 Å². The fourth-order valence-corrected chi connectivity index (χ4v) is 4.35. The molecule has 4 atom stereocenters. The summed E-state index contributed by atoms with van der Waals surface area (Å²) < 4.78 is 0. The van der Waals surface area contributed by atoms with E-state index in [0.717, 1.165) is 11.8 Å². The van der Waals surface area contributed by atoms with Crippen LogP contribution in [0.3, 0.4) is 0 Å². The second-order valence-electron chi connectivity index (χ2n) is 6.26. The molecule has 2 fully saturated rings. The number of hydrogen-bond donors (Lipinski definition) is 0. The first-order chi connectivity index (χ1) is 6.43. The van der Waals surface area contributed by atoms with Crippen LogP contribution in [0.15, 0.2) is 10.2 Å². The Morgan fingerprint density at radius 1 is 0.857 bits per heavy atom. The average molecular weight is 192 g/mol. The molecule has 1 aliphatic heterocycles. The van der Waals surface area contributed by atoms with Crippen molar-refractivity contribution in [2.45, 2.75) is 58.0 Å². The van der Waals surface area contributed by atoms with Crippen LogP contribution in [0.1, 0.15) is 47.0 Å². The van der Waals surface area contributed by atoms with E-state index in [2.05, 4.69) is 37.9 Å². The summed E-state index contributed by atoms with van der Waals surface area (Å²) in [5.41, 5.74) is 0.515. The van der Waals surface area contributed by atoms with Crippen molar-refractivity contribution in [1.29, 1.82) is 0 Å². The molecular weight excluding hydrogens is 172 g/mol. The fourth-order valence-electron chi connectivity index (χ4n) is 4.35. The summed E-state index contributed by atoms with van der Waals surface area (Å²) in [4.78, 5) is 0. The fraction of sp³-hybridized carbons (Fsp3) is 1.00. The van der Waals surface area contributed by atoms with E-state index >= 15 is 0 Å². The van der Waals surface area contributed by atoms with Crippen LogP contribution < -0.4 is 0 Å². The van der Waals surface area contributed by atoms with Gasteiger partial charge in [-0.1, -0.05) is 20.3 Å². The lowest BCUT2D eigenvalue weighted by Crippen LogP contribution is -2.44. The van der Waals surface area contributed by atoms with Gasteiger partial charge in [0.25, 0.3) is 0 Å². The maximum absolute atomic E-state index is 4.63. The van der Waals surface area contributed by atoms with Crippen LogP contribution in [-0.2, 0) is 0 Å². The number of fused-ring (bicyclic) bond motifs is 5. The van der Waals surface area contributed by atoms with Crippen molar-refractivity contribution in [2.24, 2.45) is 27.5 Å². The second-order valence-corrected chi connectivity index (χ2v) is 6.26. The van der Waals surface area contributed by atoms with Gasteiger partial charge in [0, 0.05) is 5.41 Å². The van der Waals surface area contributed by atoms with E-state index in [-0.39, 0.29) is 16.5 Å². The molecule has 0 aromatic rings. The molecule has 0 aromatic carbocycles. The molecule has 2 heteroatoms. The van der Waals surface area contributed by atoms with Gasteiger partial charge in [-0.25, -0.2) is 0 Å². The minimum absolute atomic E-state index is 0.128. The SMILES string of the molecule is CC1(C)[C@@]2(C)N=N[C@]1(C)[C@@H]1CCC[C@@H]12. The van der Waals surface area contributed by atoms with Gasteiger partial charge >= 0.3 is 0 Å². The van der Waals surface area contributed by atoms with E-state index in [0.29, 0.717) is 0 Å². The quantitative estimate of drug-likeness (QED) is 0.562. The van der Waals surface area contributed by atoms with Gasteiger partial charge in [0.15, 0.2) is 0 Å². The van der Waals surface area contributed by atoms with Crippen LogP contribution in [0.5, 0.6) is 0 Å². The lowest BCUT2D eigenvalue weighted by Gasteiger charge is -2.37. The van der Waals surface area contributed by atoms with Gasteiger partial charge in [0.1, 0.15) is 0 Å². The zero-order valence-corrected chi connectivity index (χ0v) is 9.67. The van der Waals surface area contributed by atoms with Crippen molar-refractivity contribution >= 4 is 0 Å². The summed E-state index contributed by atoms with van der Waals surface area (Å²) in [5.74, 6) is 1.61. The van der Waals surface area contributed by atoms with E-state index < -0.39 is 0 Å². The lowest BCUT2D eigenvalue weighted by molar-refractivity contribution is 0.166. The lowest BCUT2D eigenvalue weighted by atomic mass is 9.67. The number of azo groups is 1. The third-order valence-electron chi connectivity index (χ3n) is 5.96. The molecule has 2 bridgehead atoms. The Labute approximate surface area is 86.2 Å². The average Bonchev–Trinajstić information content (AvgIpc) is 2.69. The second kappa shape index (κ2) is 2.07. The normalized spacial score (nSPS) is 58.0. The molecule has 14 heavy (non-hydrogen) atoms. The zero-order chi connectivity index (χ0) is 10.2. The predicted octanol–water partition coefficient (Wildman–Crippen LogP) is 3.43. The molecule has 78 valence electrons. The minimum Gasteiger partial charge on any atom is -0.186 e. The first-order valence-corrected chi connectivity index (χ1v) is 5.87. The van der Waals surface area contributed by atoms with Crippen molar-refractivity contribution in [3.8, 4) is 0 Å². The maximum atomic E-state index is 4.63. The standard InChI is InChI=1S/C12H20N2/c1-10(2)11(3)8-6-5-7-9(8)12(10,4)14-13-11/h8-9H,5-7H2,1-4H3/t8-,9+,11-,12+. The zero-order valence-electron chi connectivity index (χ0n) is 9.67. The molecule has 3 aliphatic rings. The first kappa shape index (κ1) is 8.87. The van der Waals surface area contributed by atoms with Crippen LogP contribution >= 0.6 is 0 Å². The van der Waals surface area contributed by atoms with E-state index in [1.807, 2.05) is 0 Å². The molecule has 3 rings (SSSR count). The Balaban J connectivity index is 2.20. The molecule has 2 aliphatic carbocycles. The van der Waals surface area contributed by atoms with E-state index in [4.69, 9.17) is 0 Å². The van der Waals surface area contributed by atoms with Crippen molar-refractivity contribution < 1.29 is 0 Å². The van der Waals surface area contributed by atoms with Crippen LogP contribution in [0.4, 0.5) is 0 Å². The summed E-state index contributed by atoms with van der Waals surface area (Å²) in [6, 6.07) is 0. The Kier molecular flexibility index (Phi) is 1.31. The molecule has 2 nitrogen and oxygen atoms in total. The Morgan fingerprint density at radius 3 is 1.71 bits per heavy atom. The molecule has 0 spiro atoms. The molecule has 0 N–H and O–H groups in total. The van der Waals surface area contributed by atoms with Crippen LogP contribution in [0.25, 0.3) is 0 Å². The third kappa shape index (κ3) is 0.600. The Morgan fingerprint density at radius 2 is 1.29 bits per heavy atom. The molecule has 1 heterocycles. The van der Waals surface area contributed by atoms with E-state index in [1.165, 1.54) is 19.3 Å². The topological polar surface area (TPSA) is 24.7 Å². The molecule has 2 saturated carbocycles. The smallest absolute Gasteiger partial charge is 0.0894 e. The molecule has 0 unspecified atom stereocenters. The Hall–Kier alpha value is -0.400. The van der Waals surface area contributed by atoms with Gasteiger partial charge in [-0.2, -0.15) is 10.2 Å². The van der Waals surface area contributed by atoms with Gasteiger partial charge in [0.2, 0.25) is 0 Å². The summed E-state index contributed by atoms with van der Waals surface area (Å²) in [6.45, 7) is 9.39. The van der Waals surface area contributed by atoms with Gasteiger partial charge in [0.05, 0.1) is 11.1 Å². The van der Waals surface area contributed by atoms with Crippen LogP contribution in [0, 0.1) is 17.3 Å². The molecule has 0 aromatic heterocycles. The van der Waals surface area contributed by atoms with E-state index in [1.54, 1.807) is 0 Å². The monoisotopic (exact) mass is 192 g/mol. The van der Waals surface area contributed by atoms with Crippen LogP contribution in [-0.4, -0.2) is 11.1 Å². The molecule has 0 saturated heterocycles. The summed E-state index contributed by atoms with van der Waals surface area (Å²) in [7, 11) is 0. The van der Waals surface area contributed by atoms with Gasteiger partial charge in [-0.15, -0.1) is 0 Å². The highest BCUT2D eigenvalue weighted by Gasteiger charge is 2.73. The first-order valence-electron chi connectivity index (χ1n) is 5.87. The molecular formula is C12H20N2. The summed E-state index contributed by atoms with van der Waals surface area (Å²) in [6.07, 6.45) is 4.14.